The zero-order valence-corrected chi connectivity index (χ0v) is 10.8. The number of fused-ring (bicyclic) bond motifs is 1. The number of carbonyl (C=O) groups is 2. The van der Waals surface area contributed by atoms with Crippen molar-refractivity contribution in [1.29, 1.82) is 0 Å². The lowest BCUT2D eigenvalue weighted by atomic mass is 10.1. The maximum Gasteiger partial charge on any atom is 0.337 e. The average Bonchev–Trinajstić information content (AvgIpc) is 2.37. The number of carbonyl (C=O) groups excluding carboxylic acids is 2. The number of methoxy groups -OCH3 is 1. The van der Waals surface area contributed by atoms with Gasteiger partial charge in [-0.05, 0) is 18.2 Å². The van der Waals surface area contributed by atoms with Gasteiger partial charge in [0.05, 0.1) is 18.4 Å². The molecule has 1 heterocycles. The fourth-order valence-corrected chi connectivity index (χ4v) is 1.33. The van der Waals surface area contributed by atoms with Gasteiger partial charge in [0.1, 0.15) is 5.75 Å². The van der Waals surface area contributed by atoms with E-state index in [0.29, 0.717) is 17.0 Å². The van der Waals surface area contributed by atoms with Crippen LogP contribution in [0.5, 0.6) is 5.75 Å². The third-order valence-electron chi connectivity index (χ3n) is 2.03. The van der Waals surface area contributed by atoms with Crippen LogP contribution in [0.25, 0.3) is 0 Å². The minimum atomic E-state index is -0.447. The molecule has 1 amide bonds. The van der Waals surface area contributed by atoms with Gasteiger partial charge >= 0.3 is 5.97 Å². The first-order valence-corrected chi connectivity index (χ1v) is 5.77. The van der Waals surface area contributed by atoms with Gasteiger partial charge in [-0.25, -0.2) is 4.79 Å². The minimum absolute atomic E-state index is 0.00453. The summed E-state index contributed by atoms with van der Waals surface area (Å²) >= 11 is 0. The van der Waals surface area contributed by atoms with Gasteiger partial charge in [0.25, 0.3) is 5.91 Å². The molecule has 1 aromatic rings. The number of nitrogens with one attached hydrogen (secondary N) is 1. The van der Waals surface area contributed by atoms with Gasteiger partial charge in [-0.1, -0.05) is 20.3 Å². The van der Waals surface area contributed by atoms with Gasteiger partial charge < -0.3 is 14.8 Å². The Kier molecular flexibility index (Phi) is 5.17. The molecule has 0 saturated carbocycles. The molecule has 0 spiro atoms. The van der Waals surface area contributed by atoms with Crippen molar-refractivity contribution in [3.63, 3.8) is 0 Å². The molecule has 1 aliphatic heterocycles. The summed E-state index contributed by atoms with van der Waals surface area (Å²) < 4.78 is 9.70. The summed E-state index contributed by atoms with van der Waals surface area (Å²) in [6, 6.07) is 4.74. The second-order valence-corrected chi connectivity index (χ2v) is 3.75. The molecular weight excluding hydrogens is 234 g/mol. The van der Waals surface area contributed by atoms with E-state index < -0.39 is 5.97 Å². The standard InChI is InChI=1S/C10H9NO4.C3H8/c1-14-10(13)6-2-3-8-7(4-6)11-9(12)5-15-8;1-3-2/h2-4H,5H2,1H3,(H,11,12);3H2,1-2H3. The van der Waals surface area contributed by atoms with E-state index >= 15 is 0 Å². The van der Waals surface area contributed by atoms with E-state index in [1.165, 1.54) is 19.6 Å². The highest BCUT2D eigenvalue weighted by Crippen LogP contribution is 2.28. The SMILES string of the molecule is CCC.COC(=O)c1ccc2c(c1)NC(=O)CO2. The molecule has 0 saturated heterocycles. The Balaban J connectivity index is 0.000000492. The third-order valence-corrected chi connectivity index (χ3v) is 2.03. The summed E-state index contributed by atoms with van der Waals surface area (Å²) in [5.41, 5.74) is 0.871. The Hall–Kier alpha value is -2.04. The highest BCUT2D eigenvalue weighted by atomic mass is 16.5. The van der Waals surface area contributed by atoms with E-state index in [-0.39, 0.29) is 12.5 Å². The zero-order chi connectivity index (χ0) is 13.5. The van der Waals surface area contributed by atoms with E-state index in [0.717, 1.165) is 0 Å². The first-order valence-electron chi connectivity index (χ1n) is 5.77. The first kappa shape index (κ1) is 14.0. The van der Waals surface area contributed by atoms with Crippen LogP contribution in [0.2, 0.25) is 0 Å². The maximum atomic E-state index is 11.2. The fourth-order valence-electron chi connectivity index (χ4n) is 1.33. The molecule has 0 radical (unpaired) electrons. The molecule has 0 aliphatic carbocycles. The molecule has 2 rings (SSSR count). The Morgan fingerprint density at radius 2 is 2.11 bits per heavy atom. The second-order valence-electron chi connectivity index (χ2n) is 3.75. The van der Waals surface area contributed by atoms with E-state index in [1.807, 2.05) is 0 Å². The number of esters is 1. The van der Waals surface area contributed by atoms with Gasteiger partial charge in [0.2, 0.25) is 0 Å². The fraction of sp³-hybridized carbons (Fsp3) is 0.385. The summed E-state index contributed by atoms with van der Waals surface area (Å²) in [6.45, 7) is 4.25. The monoisotopic (exact) mass is 251 g/mol. The van der Waals surface area contributed by atoms with Crippen LogP contribution >= 0.6 is 0 Å². The Labute approximate surface area is 106 Å². The number of rotatable bonds is 1. The lowest BCUT2D eigenvalue weighted by Crippen LogP contribution is -2.25. The van der Waals surface area contributed by atoms with Crippen LogP contribution in [-0.2, 0) is 9.53 Å². The van der Waals surface area contributed by atoms with E-state index in [2.05, 4.69) is 23.9 Å². The van der Waals surface area contributed by atoms with Crippen molar-refractivity contribution in [2.24, 2.45) is 0 Å². The van der Waals surface area contributed by atoms with Crippen molar-refractivity contribution < 1.29 is 19.1 Å². The van der Waals surface area contributed by atoms with Crippen molar-refractivity contribution in [3.8, 4) is 5.75 Å². The van der Waals surface area contributed by atoms with E-state index in [9.17, 15) is 9.59 Å². The zero-order valence-electron chi connectivity index (χ0n) is 10.8. The molecule has 0 bridgehead atoms. The lowest BCUT2D eigenvalue weighted by molar-refractivity contribution is -0.118. The number of ether oxygens (including phenoxy) is 2. The summed E-state index contributed by atoms with van der Waals surface area (Å²) in [7, 11) is 1.30. The first-order chi connectivity index (χ1) is 8.62. The maximum absolute atomic E-state index is 11.2. The highest BCUT2D eigenvalue weighted by molar-refractivity contribution is 5.98. The third kappa shape index (κ3) is 3.48. The van der Waals surface area contributed by atoms with Crippen molar-refractivity contribution in [2.45, 2.75) is 20.3 Å². The van der Waals surface area contributed by atoms with Gasteiger partial charge in [-0.3, -0.25) is 4.79 Å². The van der Waals surface area contributed by atoms with Crippen molar-refractivity contribution >= 4 is 17.6 Å². The molecule has 98 valence electrons. The minimum Gasteiger partial charge on any atom is -0.482 e. The van der Waals surface area contributed by atoms with Gasteiger partial charge in [0.15, 0.2) is 6.61 Å². The van der Waals surface area contributed by atoms with Crippen molar-refractivity contribution in [2.75, 3.05) is 19.0 Å². The Morgan fingerprint density at radius 1 is 1.44 bits per heavy atom. The molecule has 0 aromatic heterocycles. The average molecular weight is 251 g/mol. The second kappa shape index (κ2) is 6.64. The highest BCUT2D eigenvalue weighted by Gasteiger charge is 2.17. The summed E-state index contributed by atoms with van der Waals surface area (Å²) in [5.74, 6) is -0.121. The summed E-state index contributed by atoms with van der Waals surface area (Å²) in [5, 5.41) is 2.61. The molecule has 0 unspecified atom stereocenters. The Morgan fingerprint density at radius 3 is 2.72 bits per heavy atom. The Bertz CT molecular complexity index is 443. The van der Waals surface area contributed by atoms with Gasteiger partial charge in [0, 0.05) is 0 Å². The van der Waals surface area contributed by atoms with Crippen molar-refractivity contribution in [3.05, 3.63) is 23.8 Å². The molecule has 1 N–H and O–H groups in total. The molecule has 18 heavy (non-hydrogen) atoms. The quantitative estimate of drug-likeness (QED) is 0.777. The molecule has 1 aromatic carbocycles. The number of hydrogen-bond acceptors (Lipinski definition) is 4. The van der Waals surface area contributed by atoms with Crippen LogP contribution in [0, 0.1) is 0 Å². The van der Waals surface area contributed by atoms with Gasteiger partial charge in [-0.15, -0.1) is 0 Å². The molecule has 5 heteroatoms. The van der Waals surface area contributed by atoms with Crippen LogP contribution < -0.4 is 10.1 Å². The molecule has 0 atom stereocenters. The van der Waals surface area contributed by atoms with Crippen LogP contribution in [-0.4, -0.2) is 25.6 Å². The van der Waals surface area contributed by atoms with E-state index in [4.69, 9.17) is 4.74 Å². The normalized spacial score (nSPS) is 12.3. The number of benzene rings is 1. The molecule has 0 fully saturated rings. The predicted molar refractivity (Wildman–Crippen MR) is 67.9 cm³/mol. The predicted octanol–water partition coefficient (Wildman–Crippen LogP) is 2.22. The number of amides is 1. The summed E-state index contributed by atoms with van der Waals surface area (Å²) in [6.07, 6.45) is 1.25. The lowest BCUT2D eigenvalue weighted by Gasteiger charge is -2.17. The molecule has 5 nitrogen and oxygen atoms in total. The smallest absolute Gasteiger partial charge is 0.337 e. The van der Waals surface area contributed by atoms with Crippen molar-refractivity contribution in [1.82, 2.24) is 0 Å². The van der Waals surface area contributed by atoms with Crippen LogP contribution in [0.1, 0.15) is 30.6 Å². The van der Waals surface area contributed by atoms with Crippen LogP contribution in [0.3, 0.4) is 0 Å². The number of hydrogen-bond donors (Lipinski definition) is 1. The summed E-state index contributed by atoms with van der Waals surface area (Å²) in [4.78, 5) is 22.2. The van der Waals surface area contributed by atoms with Crippen LogP contribution in [0.15, 0.2) is 18.2 Å². The topological polar surface area (TPSA) is 64.6 Å². The largest absolute Gasteiger partial charge is 0.482 e. The molecular formula is C13H17NO4. The van der Waals surface area contributed by atoms with Crippen LogP contribution in [0.4, 0.5) is 5.69 Å². The van der Waals surface area contributed by atoms with Gasteiger partial charge in [-0.2, -0.15) is 0 Å². The molecule has 1 aliphatic rings. The number of anilines is 1. The van der Waals surface area contributed by atoms with E-state index in [1.54, 1.807) is 12.1 Å².